The molecule has 1 aliphatic carbocycles. The first-order chi connectivity index (χ1) is 5.73. The van der Waals surface area contributed by atoms with E-state index in [0.29, 0.717) is 6.04 Å². The predicted molar refractivity (Wildman–Crippen MR) is 49.1 cm³/mol. The minimum absolute atomic E-state index is 0.177. The first-order valence-electron chi connectivity index (χ1n) is 5.02. The van der Waals surface area contributed by atoms with Gasteiger partial charge in [-0.15, -0.1) is 0 Å². The molecule has 0 spiro atoms. The molecule has 2 heteroatoms. The topological polar surface area (TPSA) is 21.3 Å². The molecule has 2 fully saturated rings. The van der Waals surface area contributed by atoms with Crippen molar-refractivity contribution in [3.8, 4) is 0 Å². The Morgan fingerprint density at radius 1 is 1.33 bits per heavy atom. The van der Waals surface area contributed by atoms with Crippen LogP contribution in [0.2, 0.25) is 0 Å². The summed E-state index contributed by atoms with van der Waals surface area (Å²) >= 11 is 0. The van der Waals surface area contributed by atoms with Crippen molar-refractivity contribution in [1.29, 1.82) is 0 Å². The molecule has 3 atom stereocenters. The maximum absolute atomic E-state index is 5.69. The Morgan fingerprint density at radius 3 is 2.33 bits per heavy atom. The van der Waals surface area contributed by atoms with E-state index in [1.54, 1.807) is 0 Å². The summed E-state index contributed by atoms with van der Waals surface area (Å²) in [7, 11) is 1.86. The second-order valence-corrected chi connectivity index (χ2v) is 4.28. The fourth-order valence-corrected chi connectivity index (χ4v) is 2.99. The van der Waals surface area contributed by atoms with Gasteiger partial charge >= 0.3 is 0 Å². The van der Waals surface area contributed by atoms with E-state index in [9.17, 15) is 0 Å². The van der Waals surface area contributed by atoms with Crippen molar-refractivity contribution < 1.29 is 4.74 Å². The van der Waals surface area contributed by atoms with Crippen LogP contribution in [-0.2, 0) is 4.74 Å². The Morgan fingerprint density at radius 2 is 2.00 bits per heavy atom. The first-order valence-corrected chi connectivity index (χ1v) is 5.02. The molecule has 2 rings (SSSR count). The van der Waals surface area contributed by atoms with Crippen LogP contribution in [0.15, 0.2) is 0 Å². The second-order valence-electron chi connectivity index (χ2n) is 4.28. The van der Waals surface area contributed by atoms with Crippen LogP contribution in [0.1, 0.15) is 26.7 Å². The summed E-state index contributed by atoms with van der Waals surface area (Å²) in [6.45, 7) is 5.78. The molecule has 1 aliphatic heterocycles. The Labute approximate surface area is 74.7 Å². The largest absolute Gasteiger partial charge is 0.376 e. The van der Waals surface area contributed by atoms with E-state index in [0.717, 1.165) is 11.8 Å². The zero-order chi connectivity index (χ0) is 8.77. The molecule has 0 aromatic heterocycles. The van der Waals surface area contributed by atoms with E-state index in [-0.39, 0.29) is 5.60 Å². The van der Waals surface area contributed by atoms with E-state index < -0.39 is 0 Å². The van der Waals surface area contributed by atoms with Gasteiger partial charge in [0.1, 0.15) is 0 Å². The molecule has 0 bridgehead atoms. The highest BCUT2D eigenvalue weighted by molar-refractivity contribution is 5.16. The normalized spacial score (nSPS) is 52.8. The molecule has 1 saturated heterocycles. The van der Waals surface area contributed by atoms with Gasteiger partial charge in [0, 0.05) is 13.2 Å². The van der Waals surface area contributed by atoms with E-state index in [4.69, 9.17) is 4.74 Å². The van der Waals surface area contributed by atoms with Crippen LogP contribution in [0.3, 0.4) is 0 Å². The number of rotatable bonds is 2. The lowest BCUT2D eigenvalue weighted by atomic mass is 10.0. The van der Waals surface area contributed by atoms with Crippen molar-refractivity contribution in [3.63, 3.8) is 0 Å². The minimum atomic E-state index is 0.177. The lowest BCUT2D eigenvalue weighted by Crippen LogP contribution is -2.40. The number of hydrogen-bond donors (Lipinski definition) is 1. The molecule has 12 heavy (non-hydrogen) atoms. The molecular formula is C10H19NO. The average molecular weight is 169 g/mol. The highest BCUT2D eigenvalue weighted by Crippen LogP contribution is 2.56. The summed E-state index contributed by atoms with van der Waals surface area (Å²) in [6, 6.07) is 0.618. The highest BCUT2D eigenvalue weighted by atomic mass is 16.5. The number of ether oxygens (including phenoxy) is 1. The molecule has 0 amide bonds. The molecule has 0 aromatic rings. The van der Waals surface area contributed by atoms with Gasteiger partial charge in [0.2, 0.25) is 0 Å². The van der Waals surface area contributed by atoms with Crippen LogP contribution in [0.4, 0.5) is 0 Å². The second kappa shape index (κ2) is 2.71. The lowest BCUT2D eigenvalue weighted by molar-refractivity contribution is 0.0297. The summed E-state index contributed by atoms with van der Waals surface area (Å²) in [5, 5.41) is 3.55. The molecule has 3 unspecified atom stereocenters. The zero-order valence-electron chi connectivity index (χ0n) is 8.26. The number of hydrogen-bond acceptors (Lipinski definition) is 2. The molecule has 0 radical (unpaired) electrons. The number of methoxy groups -OCH3 is 1. The SMILES string of the molecule is COC1(C2CCCN2)C(C)C1C. The maximum atomic E-state index is 5.69. The molecule has 70 valence electrons. The van der Waals surface area contributed by atoms with E-state index in [1.807, 2.05) is 7.11 Å². The predicted octanol–water partition coefficient (Wildman–Crippen LogP) is 1.41. The van der Waals surface area contributed by atoms with Gasteiger partial charge in [0.15, 0.2) is 0 Å². The molecule has 0 aromatic carbocycles. The van der Waals surface area contributed by atoms with Gasteiger partial charge in [0.05, 0.1) is 5.60 Å². The number of nitrogens with one attached hydrogen (secondary N) is 1. The van der Waals surface area contributed by atoms with Crippen LogP contribution in [-0.4, -0.2) is 25.3 Å². The third-order valence-corrected chi connectivity index (χ3v) is 4.02. The van der Waals surface area contributed by atoms with Gasteiger partial charge in [-0.2, -0.15) is 0 Å². The van der Waals surface area contributed by atoms with Crippen LogP contribution in [0, 0.1) is 11.8 Å². The van der Waals surface area contributed by atoms with E-state index in [1.165, 1.54) is 19.4 Å². The first kappa shape index (κ1) is 8.52. The maximum Gasteiger partial charge on any atom is 0.0888 e. The summed E-state index contributed by atoms with van der Waals surface area (Å²) in [4.78, 5) is 0. The van der Waals surface area contributed by atoms with Crippen molar-refractivity contribution in [3.05, 3.63) is 0 Å². The summed E-state index contributed by atoms with van der Waals surface area (Å²) in [6.07, 6.45) is 2.61. The Bertz CT molecular complexity index is 167. The van der Waals surface area contributed by atoms with Gasteiger partial charge < -0.3 is 10.1 Å². The Hall–Kier alpha value is -0.0800. The van der Waals surface area contributed by atoms with E-state index in [2.05, 4.69) is 19.2 Å². The van der Waals surface area contributed by atoms with Crippen molar-refractivity contribution in [2.45, 2.75) is 38.3 Å². The smallest absolute Gasteiger partial charge is 0.0888 e. The van der Waals surface area contributed by atoms with Crippen LogP contribution in [0.25, 0.3) is 0 Å². The molecular weight excluding hydrogens is 150 g/mol. The molecule has 2 aliphatic rings. The summed E-state index contributed by atoms with van der Waals surface area (Å²) < 4.78 is 5.69. The Balaban J connectivity index is 2.08. The fourth-order valence-electron chi connectivity index (χ4n) is 2.99. The summed E-state index contributed by atoms with van der Waals surface area (Å²) in [5.41, 5.74) is 0.177. The van der Waals surface area contributed by atoms with Gasteiger partial charge in [-0.25, -0.2) is 0 Å². The molecule has 1 saturated carbocycles. The third kappa shape index (κ3) is 0.882. The fraction of sp³-hybridized carbons (Fsp3) is 1.00. The molecule has 1 heterocycles. The van der Waals surface area contributed by atoms with Crippen molar-refractivity contribution >= 4 is 0 Å². The van der Waals surface area contributed by atoms with Crippen LogP contribution >= 0.6 is 0 Å². The van der Waals surface area contributed by atoms with E-state index >= 15 is 0 Å². The third-order valence-electron chi connectivity index (χ3n) is 4.02. The molecule has 1 N–H and O–H groups in total. The Kier molecular flexibility index (Phi) is 1.92. The summed E-state index contributed by atoms with van der Waals surface area (Å²) in [5.74, 6) is 1.47. The van der Waals surface area contributed by atoms with Gasteiger partial charge in [-0.3, -0.25) is 0 Å². The molecule has 2 nitrogen and oxygen atoms in total. The average Bonchev–Trinajstić information content (AvgIpc) is 2.59. The lowest BCUT2D eigenvalue weighted by Gasteiger charge is -2.23. The van der Waals surface area contributed by atoms with Crippen LogP contribution in [0.5, 0.6) is 0 Å². The minimum Gasteiger partial charge on any atom is -0.376 e. The highest BCUT2D eigenvalue weighted by Gasteiger charge is 2.64. The van der Waals surface area contributed by atoms with Crippen molar-refractivity contribution in [2.75, 3.05) is 13.7 Å². The standard InChI is InChI=1S/C10H19NO/c1-7-8(2)10(7,12-3)9-5-4-6-11-9/h7-9,11H,4-6H2,1-3H3. The zero-order valence-corrected chi connectivity index (χ0v) is 8.26. The van der Waals surface area contributed by atoms with Crippen molar-refractivity contribution in [2.24, 2.45) is 11.8 Å². The van der Waals surface area contributed by atoms with Crippen LogP contribution < -0.4 is 5.32 Å². The van der Waals surface area contributed by atoms with Gasteiger partial charge in [-0.1, -0.05) is 13.8 Å². The van der Waals surface area contributed by atoms with Gasteiger partial charge in [0.25, 0.3) is 0 Å². The van der Waals surface area contributed by atoms with Crippen molar-refractivity contribution in [1.82, 2.24) is 5.32 Å². The van der Waals surface area contributed by atoms with Gasteiger partial charge in [-0.05, 0) is 31.2 Å². The quantitative estimate of drug-likeness (QED) is 0.675. The monoisotopic (exact) mass is 169 g/mol.